The summed E-state index contributed by atoms with van der Waals surface area (Å²) in [6.07, 6.45) is 3.40. The summed E-state index contributed by atoms with van der Waals surface area (Å²) in [5, 5.41) is 12.3. The van der Waals surface area contributed by atoms with Crippen LogP contribution in [-0.4, -0.2) is 34.5 Å². The molecule has 3 heterocycles. The molecule has 1 fully saturated rings. The van der Waals surface area contributed by atoms with Crippen LogP contribution in [0.4, 0.5) is 0 Å². The Labute approximate surface area is 102 Å². The fourth-order valence-electron chi connectivity index (χ4n) is 2.82. The summed E-state index contributed by atoms with van der Waals surface area (Å²) < 4.78 is 7.77. The van der Waals surface area contributed by atoms with E-state index in [0.717, 1.165) is 50.8 Å². The van der Waals surface area contributed by atoms with Gasteiger partial charge in [0.2, 0.25) is 0 Å². The van der Waals surface area contributed by atoms with E-state index in [1.807, 2.05) is 0 Å². The van der Waals surface area contributed by atoms with Crippen LogP contribution in [0.15, 0.2) is 0 Å². The van der Waals surface area contributed by atoms with E-state index in [0.29, 0.717) is 12.0 Å². The van der Waals surface area contributed by atoms with E-state index >= 15 is 0 Å². The average Bonchev–Trinajstić information content (AvgIpc) is 2.97. The monoisotopic (exact) mass is 236 g/mol. The van der Waals surface area contributed by atoms with Gasteiger partial charge in [0.15, 0.2) is 0 Å². The van der Waals surface area contributed by atoms with Crippen LogP contribution in [0.5, 0.6) is 0 Å². The fraction of sp³-hybridized carbons (Fsp3) is 0.833. The molecular weight excluding hydrogens is 216 g/mol. The normalized spacial score (nSPS) is 28.3. The van der Waals surface area contributed by atoms with Crippen LogP contribution in [0, 0.1) is 0 Å². The van der Waals surface area contributed by atoms with Gasteiger partial charge in [0.1, 0.15) is 11.6 Å². The Hall–Kier alpha value is -0.940. The molecule has 1 aromatic rings. The summed E-state index contributed by atoms with van der Waals surface area (Å²) in [7, 11) is 0. The Bertz CT molecular complexity index is 384. The summed E-state index contributed by atoms with van der Waals surface area (Å²) >= 11 is 0. The predicted octanol–water partition coefficient (Wildman–Crippen LogP) is 1.23. The van der Waals surface area contributed by atoms with Crippen molar-refractivity contribution >= 4 is 0 Å². The van der Waals surface area contributed by atoms with Crippen molar-refractivity contribution < 1.29 is 4.74 Å². The lowest BCUT2D eigenvalue weighted by Crippen LogP contribution is -2.34. The van der Waals surface area contributed by atoms with Crippen LogP contribution in [0.25, 0.3) is 0 Å². The number of hydrogen-bond donors (Lipinski definition) is 1. The largest absolute Gasteiger partial charge is 0.381 e. The van der Waals surface area contributed by atoms with Crippen molar-refractivity contribution in [1.82, 2.24) is 20.1 Å². The molecule has 0 radical (unpaired) electrons. The highest BCUT2D eigenvalue weighted by Crippen LogP contribution is 2.28. The van der Waals surface area contributed by atoms with E-state index in [-0.39, 0.29) is 0 Å². The van der Waals surface area contributed by atoms with Gasteiger partial charge in [-0.3, -0.25) is 0 Å². The third kappa shape index (κ3) is 1.98. The second-order valence-electron chi connectivity index (χ2n) is 4.92. The molecule has 2 aliphatic heterocycles. The third-order valence-electron chi connectivity index (χ3n) is 3.72. The smallest absolute Gasteiger partial charge is 0.150 e. The summed E-state index contributed by atoms with van der Waals surface area (Å²) in [4.78, 5) is 0. The van der Waals surface area contributed by atoms with E-state index in [2.05, 4.69) is 27.0 Å². The maximum atomic E-state index is 5.45. The topological polar surface area (TPSA) is 52.0 Å². The standard InChI is InChI=1S/C12H20N4O/c1-2-3-10-12-15-14-11(9-4-7-17-8-9)16(12)6-5-13-10/h9-10,13H,2-8H2,1H3. The molecule has 0 bridgehead atoms. The van der Waals surface area contributed by atoms with Crippen molar-refractivity contribution in [2.75, 3.05) is 19.8 Å². The first-order valence-corrected chi connectivity index (χ1v) is 6.64. The number of aromatic nitrogens is 3. The summed E-state index contributed by atoms with van der Waals surface area (Å²) in [6, 6.07) is 0.386. The van der Waals surface area contributed by atoms with Gasteiger partial charge in [-0.25, -0.2) is 0 Å². The van der Waals surface area contributed by atoms with Crippen molar-refractivity contribution in [3.05, 3.63) is 11.6 Å². The molecule has 1 N–H and O–H groups in total. The summed E-state index contributed by atoms with van der Waals surface area (Å²) in [6.45, 7) is 5.90. The molecule has 0 aromatic carbocycles. The highest BCUT2D eigenvalue weighted by molar-refractivity contribution is 5.09. The minimum atomic E-state index is 0.386. The SMILES string of the molecule is CCCC1NCCn2c(C3CCOC3)nnc21. The van der Waals surface area contributed by atoms with Crippen LogP contribution in [-0.2, 0) is 11.3 Å². The Morgan fingerprint density at radius 2 is 2.29 bits per heavy atom. The average molecular weight is 236 g/mol. The second kappa shape index (κ2) is 4.74. The quantitative estimate of drug-likeness (QED) is 0.857. The molecular formula is C12H20N4O. The lowest BCUT2D eigenvalue weighted by Gasteiger charge is -2.25. The third-order valence-corrected chi connectivity index (χ3v) is 3.72. The molecule has 2 atom stereocenters. The second-order valence-corrected chi connectivity index (χ2v) is 4.92. The van der Waals surface area contributed by atoms with E-state index in [1.54, 1.807) is 0 Å². The molecule has 0 spiro atoms. The summed E-state index contributed by atoms with van der Waals surface area (Å²) in [5.74, 6) is 2.72. The van der Waals surface area contributed by atoms with E-state index in [1.165, 1.54) is 6.42 Å². The molecule has 5 nitrogen and oxygen atoms in total. The Morgan fingerprint density at radius 1 is 1.41 bits per heavy atom. The van der Waals surface area contributed by atoms with E-state index in [9.17, 15) is 0 Å². The Morgan fingerprint density at radius 3 is 3.06 bits per heavy atom. The zero-order valence-electron chi connectivity index (χ0n) is 10.4. The van der Waals surface area contributed by atoms with Crippen molar-refractivity contribution in [2.24, 2.45) is 0 Å². The van der Waals surface area contributed by atoms with Crippen LogP contribution in [0.3, 0.4) is 0 Å². The first-order chi connectivity index (χ1) is 8.40. The molecule has 2 aliphatic rings. The van der Waals surface area contributed by atoms with Gasteiger partial charge in [-0.1, -0.05) is 13.3 Å². The predicted molar refractivity (Wildman–Crippen MR) is 63.9 cm³/mol. The molecule has 5 heteroatoms. The van der Waals surface area contributed by atoms with Gasteiger partial charge < -0.3 is 14.6 Å². The lowest BCUT2D eigenvalue weighted by atomic mass is 10.1. The van der Waals surface area contributed by atoms with Crippen molar-refractivity contribution in [3.8, 4) is 0 Å². The zero-order valence-corrected chi connectivity index (χ0v) is 10.4. The highest BCUT2D eigenvalue weighted by atomic mass is 16.5. The number of ether oxygens (including phenoxy) is 1. The molecule has 94 valence electrons. The molecule has 1 saturated heterocycles. The van der Waals surface area contributed by atoms with Crippen molar-refractivity contribution in [2.45, 2.75) is 44.7 Å². The fourth-order valence-corrected chi connectivity index (χ4v) is 2.82. The Balaban J connectivity index is 1.87. The van der Waals surface area contributed by atoms with Crippen LogP contribution < -0.4 is 5.32 Å². The zero-order chi connectivity index (χ0) is 11.7. The van der Waals surface area contributed by atoms with Crippen LogP contribution in [0.1, 0.15) is 49.8 Å². The molecule has 3 rings (SSSR count). The van der Waals surface area contributed by atoms with Gasteiger partial charge >= 0.3 is 0 Å². The summed E-state index contributed by atoms with van der Waals surface area (Å²) in [5.41, 5.74) is 0. The van der Waals surface area contributed by atoms with Gasteiger partial charge in [0.05, 0.1) is 12.6 Å². The van der Waals surface area contributed by atoms with E-state index in [4.69, 9.17) is 4.74 Å². The van der Waals surface area contributed by atoms with Gasteiger partial charge in [-0.15, -0.1) is 10.2 Å². The number of nitrogens with one attached hydrogen (secondary N) is 1. The molecule has 0 aliphatic carbocycles. The first-order valence-electron chi connectivity index (χ1n) is 6.64. The van der Waals surface area contributed by atoms with Crippen molar-refractivity contribution in [3.63, 3.8) is 0 Å². The number of rotatable bonds is 3. The molecule has 17 heavy (non-hydrogen) atoms. The molecule has 2 unspecified atom stereocenters. The van der Waals surface area contributed by atoms with Crippen LogP contribution in [0.2, 0.25) is 0 Å². The Kier molecular flexibility index (Phi) is 3.11. The van der Waals surface area contributed by atoms with Crippen LogP contribution >= 0.6 is 0 Å². The first kappa shape index (κ1) is 11.2. The molecule has 0 amide bonds. The maximum Gasteiger partial charge on any atom is 0.150 e. The lowest BCUT2D eigenvalue weighted by molar-refractivity contribution is 0.192. The van der Waals surface area contributed by atoms with Gasteiger partial charge in [0, 0.05) is 25.6 Å². The van der Waals surface area contributed by atoms with Gasteiger partial charge in [-0.2, -0.15) is 0 Å². The number of nitrogens with zero attached hydrogens (tertiary/aromatic N) is 3. The van der Waals surface area contributed by atoms with Gasteiger partial charge in [0.25, 0.3) is 0 Å². The molecule has 0 saturated carbocycles. The minimum absolute atomic E-state index is 0.386. The van der Waals surface area contributed by atoms with Crippen molar-refractivity contribution in [1.29, 1.82) is 0 Å². The highest BCUT2D eigenvalue weighted by Gasteiger charge is 2.29. The maximum absolute atomic E-state index is 5.45. The molecule has 1 aromatic heterocycles. The van der Waals surface area contributed by atoms with E-state index < -0.39 is 0 Å². The van der Waals surface area contributed by atoms with Gasteiger partial charge in [-0.05, 0) is 12.8 Å². The number of fused-ring (bicyclic) bond motifs is 1. The number of hydrogen-bond acceptors (Lipinski definition) is 4. The minimum Gasteiger partial charge on any atom is -0.381 e.